The molecule has 4 rings (SSSR count). The SMILES string of the molecule is O=C(NCCc1nc(Cc2ccccc2)no1)N1CCCC(c2ncc[nH]2)C1. The highest BCUT2D eigenvalue weighted by Gasteiger charge is 2.26. The monoisotopic (exact) mass is 380 g/mol. The van der Waals surface area contributed by atoms with Gasteiger partial charge in [0.1, 0.15) is 5.82 Å². The van der Waals surface area contributed by atoms with Crippen LogP contribution in [0, 0.1) is 0 Å². The number of carbonyl (C=O) groups is 1. The molecule has 1 fully saturated rings. The average Bonchev–Trinajstić information content (AvgIpc) is 3.41. The number of nitrogens with zero attached hydrogens (tertiary/aromatic N) is 4. The Morgan fingerprint density at radius 3 is 3.04 bits per heavy atom. The third-order valence-electron chi connectivity index (χ3n) is 4.94. The van der Waals surface area contributed by atoms with Crippen LogP contribution in [0.25, 0.3) is 0 Å². The number of hydrogen-bond acceptors (Lipinski definition) is 5. The predicted molar refractivity (Wildman–Crippen MR) is 103 cm³/mol. The van der Waals surface area contributed by atoms with E-state index in [2.05, 4.69) is 25.4 Å². The first kappa shape index (κ1) is 18.2. The van der Waals surface area contributed by atoms with Crippen LogP contribution in [0.4, 0.5) is 4.79 Å². The van der Waals surface area contributed by atoms with Crippen LogP contribution in [0.2, 0.25) is 0 Å². The van der Waals surface area contributed by atoms with Gasteiger partial charge in [-0.1, -0.05) is 35.5 Å². The number of aromatic amines is 1. The maximum Gasteiger partial charge on any atom is 0.317 e. The first-order chi connectivity index (χ1) is 13.8. The van der Waals surface area contributed by atoms with Gasteiger partial charge in [0.2, 0.25) is 5.89 Å². The Kier molecular flexibility index (Phi) is 5.65. The number of H-pyrrole nitrogens is 1. The lowest BCUT2D eigenvalue weighted by atomic mass is 9.98. The highest BCUT2D eigenvalue weighted by atomic mass is 16.5. The summed E-state index contributed by atoms with van der Waals surface area (Å²) in [6.45, 7) is 1.92. The van der Waals surface area contributed by atoms with E-state index in [0.29, 0.717) is 37.6 Å². The fourth-order valence-corrected chi connectivity index (χ4v) is 3.52. The Bertz CT molecular complexity index is 877. The van der Waals surface area contributed by atoms with Gasteiger partial charge in [-0.05, 0) is 18.4 Å². The summed E-state index contributed by atoms with van der Waals surface area (Å²) in [5.41, 5.74) is 1.14. The van der Waals surface area contributed by atoms with Gasteiger partial charge >= 0.3 is 6.03 Å². The Balaban J connectivity index is 1.23. The maximum atomic E-state index is 12.5. The quantitative estimate of drug-likeness (QED) is 0.684. The van der Waals surface area contributed by atoms with Crippen LogP contribution in [0.5, 0.6) is 0 Å². The van der Waals surface area contributed by atoms with E-state index in [9.17, 15) is 4.79 Å². The van der Waals surface area contributed by atoms with Gasteiger partial charge in [-0.3, -0.25) is 0 Å². The number of aromatic nitrogens is 4. The molecule has 28 heavy (non-hydrogen) atoms. The molecule has 2 N–H and O–H groups in total. The summed E-state index contributed by atoms with van der Waals surface area (Å²) in [7, 11) is 0. The molecule has 0 aliphatic carbocycles. The molecule has 1 aliphatic rings. The molecule has 0 bridgehead atoms. The molecule has 2 aromatic heterocycles. The third-order valence-corrected chi connectivity index (χ3v) is 4.94. The largest absolute Gasteiger partial charge is 0.348 e. The van der Waals surface area contributed by atoms with Crippen LogP contribution < -0.4 is 5.32 Å². The van der Waals surface area contributed by atoms with E-state index in [-0.39, 0.29) is 11.9 Å². The fraction of sp³-hybridized carbons (Fsp3) is 0.400. The van der Waals surface area contributed by atoms with Gasteiger partial charge in [-0.15, -0.1) is 0 Å². The molecule has 146 valence electrons. The van der Waals surface area contributed by atoms with Crippen molar-refractivity contribution in [1.82, 2.24) is 30.3 Å². The number of likely N-dealkylation sites (tertiary alicyclic amines) is 1. The van der Waals surface area contributed by atoms with Crippen molar-refractivity contribution in [3.63, 3.8) is 0 Å². The van der Waals surface area contributed by atoms with Crippen molar-refractivity contribution in [2.45, 2.75) is 31.6 Å². The van der Waals surface area contributed by atoms with Gasteiger partial charge in [0.05, 0.1) is 0 Å². The van der Waals surface area contributed by atoms with Gasteiger partial charge in [0, 0.05) is 50.8 Å². The lowest BCUT2D eigenvalue weighted by molar-refractivity contribution is 0.178. The minimum atomic E-state index is -0.0553. The second-order valence-electron chi connectivity index (χ2n) is 7.01. The Labute approximate surface area is 163 Å². The van der Waals surface area contributed by atoms with E-state index in [1.165, 1.54) is 0 Å². The van der Waals surface area contributed by atoms with Crippen LogP contribution in [-0.2, 0) is 12.8 Å². The molecule has 0 radical (unpaired) electrons. The van der Waals surface area contributed by atoms with Crippen LogP contribution >= 0.6 is 0 Å². The van der Waals surface area contributed by atoms with Crippen molar-refractivity contribution >= 4 is 6.03 Å². The molecule has 0 saturated carbocycles. The van der Waals surface area contributed by atoms with Crippen LogP contribution in [0.15, 0.2) is 47.2 Å². The van der Waals surface area contributed by atoms with Gasteiger partial charge in [-0.25, -0.2) is 9.78 Å². The van der Waals surface area contributed by atoms with Gasteiger partial charge in [0.25, 0.3) is 0 Å². The molecule has 3 heterocycles. The van der Waals surface area contributed by atoms with Crippen LogP contribution in [-0.4, -0.2) is 50.7 Å². The summed E-state index contributed by atoms with van der Waals surface area (Å²) >= 11 is 0. The molecule has 1 atom stereocenters. The topological polar surface area (TPSA) is 99.9 Å². The van der Waals surface area contributed by atoms with Crippen molar-refractivity contribution < 1.29 is 9.32 Å². The molecule has 0 spiro atoms. The Hall–Kier alpha value is -3.16. The Morgan fingerprint density at radius 1 is 1.32 bits per heavy atom. The Morgan fingerprint density at radius 2 is 2.21 bits per heavy atom. The van der Waals surface area contributed by atoms with Crippen LogP contribution in [0.3, 0.4) is 0 Å². The van der Waals surface area contributed by atoms with E-state index in [1.54, 1.807) is 6.20 Å². The van der Waals surface area contributed by atoms with Crippen molar-refractivity contribution in [2.75, 3.05) is 19.6 Å². The molecule has 8 nitrogen and oxygen atoms in total. The highest BCUT2D eigenvalue weighted by Crippen LogP contribution is 2.24. The standard InChI is InChI=1S/C20H24N6O2/c27-20(26-12-4-7-16(14-26)19-21-10-11-22-19)23-9-8-18-24-17(25-28-18)13-15-5-2-1-3-6-15/h1-3,5-6,10-11,16H,4,7-9,12-14H2,(H,21,22)(H,23,27). The normalized spacial score (nSPS) is 16.9. The summed E-state index contributed by atoms with van der Waals surface area (Å²) in [6, 6.07) is 9.97. The minimum Gasteiger partial charge on any atom is -0.348 e. The van der Waals surface area contributed by atoms with Gasteiger partial charge < -0.3 is 19.7 Å². The molecule has 3 aromatic rings. The number of urea groups is 1. The average molecular weight is 380 g/mol. The zero-order chi connectivity index (χ0) is 19.2. The molecular weight excluding hydrogens is 356 g/mol. The number of benzene rings is 1. The van der Waals surface area contributed by atoms with Crippen molar-refractivity contribution in [1.29, 1.82) is 0 Å². The second kappa shape index (κ2) is 8.69. The number of rotatable bonds is 6. The minimum absolute atomic E-state index is 0.0553. The molecule has 1 aromatic carbocycles. The van der Waals surface area contributed by atoms with Crippen molar-refractivity contribution in [2.24, 2.45) is 0 Å². The zero-order valence-corrected chi connectivity index (χ0v) is 15.7. The van der Waals surface area contributed by atoms with Gasteiger partial charge in [-0.2, -0.15) is 4.98 Å². The van der Waals surface area contributed by atoms with E-state index in [1.807, 2.05) is 41.4 Å². The van der Waals surface area contributed by atoms with Crippen LogP contribution in [0.1, 0.15) is 41.9 Å². The molecular formula is C20H24N6O2. The smallest absolute Gasteiger partial charge is 0.317 e. The summed E-state index contributed by atoms with van der Waals surface area (Å²) in [6.07, 6.45) is 6.76. The summed E-state index contributed by atoms with van der Waals surface area (Å²) in [5, 5.41) is 6.97. The number of hydrogen-bond donors (Lipinski definition) is 2. The molecule has 1 aliphatic heterocycles. The lowest BCUT2D eigenvalue weighted by Gasteiger charge is -2.31. The van der Waals surface area contributed by atoms with Crippen molar-refractivity contribution in [3.05, 3.63) is 65.8 Å². The third kappa shape index (κ3) is 4.57. The lowest BCUT2D eigenvalue weighted by Crippen LogP contribution is -2.45. The number of piperidine rings is 1. The number of amides is 2. The molecule has 2 amide bonds. The first-order valence-electron chi connectivity index (χ1n) is 9.65. The highest BCUT2D eigenvalue weighted by molar-refractivity contribution is 5.74. The zero-order valence-electron chi connectivity index (χ0n) is 15.7. The molecule has 1 unspecified atom stereocenters. The van der Waals surface area contributed by atoms with E-state index in [0.717, 1.165) is 30.8 Å². The maximum absolute atomic E-state index is 12.5. The number of nitrogens with one attached hydrogen (secondary N) is 2. The van der Waals surface area contributed by atoms with Gasteiger partial charge in [0.15, 0.2) is 5.82 Å². The van der Waals surface area contributed by atoms with Crippen molar-refractivity contribution in [3.8, 4) is 0 Å². The molecule has 8 heteroatoms. The summed E-state index contributed by atoms with van der Waals surface area (Å²) in [5.74, 6) is 2.42. The number of imidazole rings is 1. The van der Waals surface area contributed by atoms with E-state index in [4.69, 9.17) is 4.52 Å². The number of carbonyl (C=O) groups excluding carboxylic acids is 1. The summed E-state index contributed by atoms with van der Waals surface area (Å²) < 4.78 is 5.29. The predicted octanol–water partition coefficient (Wildman–Crippen LogP) is 2.52. The fourth-order valence-electron chi connectivity index (χ4n) is 3.52. The first-order valence-corrected chi connectivity index (χ1v) is 9.65. The summed E-state index contributed by atoms with van der Waals surface area (Å²) in [4.78, 5) is 26.2. The molecule has 1 saturated heterocycles. The van der Waals surface area contributed by atoms with E-state index < -0.39 is 0 Å². The second-order valence-corrected chi connectivity index (χ2v) is 7.01. The van der Waals surface area contributed by atoms with E-state index >= 15 is 0 Å².